The second-order valence-electron chi connectivity index (χ2n) is 4.34. The van der Waals surface area contributed by atoms with Crippen LogP contribution in [0.3, 0.4) is 0 Å². The zero-order chi connectivity index (χ0) is 13.5. The van der Waals surface area contributed by atoms with Crippen molar-refractivity contribution >= 4 is 17.5 Å². The lowest BCUT2D eigenvalue weighted by molar-refractivity contribution is 0.102. The first-order valence-corrected chi connectivity index (χ1v) is 7.60. The second kappa shape index (κ2) is 7.47. The standard InChI is InChI=1S/C15H22O2S/c1-5-7-17-15-9-11(3)13(8-12(15)4)14(16)10-18-6-2/h8-9H,5-7,10H2,1-4H3. The Morgan fingerprint density at radius 2 is 1.94 bits per heavy atom. The van der Waals surface area contributed by atoms with Crippen LogP contribution in [-0.4, -0.2) is 23.9 Å². The molecule has 0 spiro atoms. The summed E-state index contributed by atoms with van der Waals surface area (Å²) in [6.07, 6.45) is 0.992. The molecule has 0 aliphatic rings. The van der Waals surface area contributed by atoms with Gasteiger partial charge in [-0.05, 0) is 49.3 Å². The minimum Gasteiger partial charge on any atom is -0.493 e. The average Bonchev–Trinajstić information content (AvgIpc) is 2.36. The van der Waals surface area contributed by atoms with Crippen LogP contribution in [0, 0.1) is 13.8 Å². The zero-order valence-electron chi connectivity index (χ0n) is 11.7. The Bertz CT molecular complexity index is 413. The molecular weight excluding hydrogens is 244 g/mol. The van der Waals surface area contributed by atoms with Gasteiger partial charge in [0, 0.05) is 5.56 Å². The van der Waals surface area contributed by atoms with E-state index in [1.807, 2.05) is 26.0 Å². The molecule has 1 aromatic rings. The van der Waals surface area contributed by atoms with Gasteiger partial charge >= 0.3 is 0 Å². The van der Waals surface area contributed by atoms with Crippen molar-refractivity contribution in [2.45, 2.75) is 34.1 Å². The number of rotatable bonds is 7. The Kier molecular flexibility index (Phi) is 6.27. The van der Waals surface area contributed by atoms with Crippen molar-refractivity contribution in [2.75, 3.05) is 18.1 Å². The largest absolute Gasteiger partial charge is 0.493 e. The average molecular weight is 266 g/mol. The lowest BCUT2D eigenvalue weighted by atomic mass is 10.0. The van der Waals surface area contributed by atoms with Crippen LogP contribution in [0.15, 0.2) is 12.1 Å². The van der Waals surface area contributed by atoms with Crippen molar-refractivity contribution in [2.24, 2.45) is 0 Å². The van der Waals surface area contributed by atoms with Gasteiger partial charge in [-0.2, -0.15) is 11.8 Å². The number of ketones is 1. The maximum absolute atomic E-state index is 12.0. The highest BCUT2D eigenvalue weighted by Crippen LogP contribution is 2.24. The van der Waals surface area contributed by atoms with E-state index in [4.69, 9.17) is 4.74 Å². The molecule has 0 saturated heterocycles. The van der Waals surface area contributed by atoms with Crippen LogP contribution >= 0.6 is 11.8 Å². The zero-order valence-corrected chi connectivity index (χ0v) is 12.5. The number of thioether (sulfide) groups is 1. The van der Waals surface area contributed by atoms with E-state index in [1.165, 1.54) is 0 Å². The van der Waals surface area contributed by atoms with E-state index >= 15 is 0 Å². The van der Waals surface area contributed by atoms with E-state index in [0.29, 0.717) is 5.75 Å². The lowest BCUT2D eigenvalue weighted by Crippen LogP contribution is -2.07. The van der Waals surface area contributed by atoms with Crippen molar-refractivity contribution in [3.8, 4) is 5.75 Å². The maximum atomic E-state index is 12.0. The topological polar surface area (TPSA) is 26.3 Å². The van der Waals surface area contributed by atoms with E-state index in [9.17, 15) is 4.79 Å². The third kappa shape index (κ3) is 4.05. The molecule has 0 aliphatic carbocycles. The van der Waals surface area contributed by atoms with Crippen molar-refractivity contribution < 1.29 is 9.53 Å². The van der Waals surface area contributed by atoms with E-state index < -0.39 is 0 Å². The molecule has 0 aromatic heterocycles. The van der Waals surface area contributed by atoms with E-state index in [0.717, 1.165) is 41.2 Å². The third-order valence-corrected chi connectivity index (χ3v) is 3.60. The molecule has 18 heavy (non-hydrogen) atoms. The van der Waals surface area contributed by atoms with Crippen molar-refractivity contribution in [3.63, 3.8) is 0 Å². The summed E-state index contributed by atoms with van der Waals surface area (Å²) in [5.74, 6) is 2.64. The minimum atomic E-state index is 0.212. The summed E-state index contributed by atoms with van der Waals surface area (Å²) >= 11 is 1.66. The predicted octanol–water partition coefficient (Wildman–Crippen LogP) is 4.03. The van der Waals surface area contributed by atoms with Crippen LogP contribution in [0.4, 0.5) is 0 Å². The number of hydrogen-bond donors (Lipinski definition) is 0. The van der Waals surface area contributed by atoms with Gasteiger partial charge in [-0.3, -0.25) is 4.79 Å². The van der Waals surface area contributed by atoms with E-state index in [2.05, 4.69) is 13.8 Å². The first-order valence-electron chi connectivity index (χ1n) is 6.45. The Labute approximate surface area is 114 Å². The quantitative estimate of drug-likeness (QED) is 0.697. The first kappa shape index (κ1) is 15.1. The lowest BCUT2D eigenvalue weighted by Gasteiger charge is -2.12. The highest BCUT2D eigenvalue weighted by atomic mass is 32.2. The van der Waals surface area contributed by atoms with Gasteiger partial charge in [0.15, 0.2) is 5.78 Å². The second-order valence-corrected chi connectivity index (χ2v) is 5.62. The molecule has 0 saturated carbocycles. The van der Waals surface area contributed by atoms with E-state index in [-0.39, 0.29) is 5.78 Å². The Morgan fingerprint density at radius 3 is 2.56 bits per heavy atom. The molecule has 0 heterocycles. The summed E-state index contributed by atoms with van der Waals surface area (Å²) < 4.78 is 5.67. The molecule has 0 radical (unpaired) electrons. The number of carbonyl (C=O) groups excluding carboxylic acids is 1. The molecule has 0 aliphatic heterocycles. The highest BCUT2D eigenvalue weighted by Gasteiger charge is 2.12. The summed E-state index contributed by atoms with van der Waals surface area (Å²) in [5, 5.41) is 0. The van der Waals surface area contributed by atoms with Crippen molar-refractivity contribution in [1.82, 2.24) is 0 Å². The molecule has 3 heteroatoms. The van der Waals surface area contributed by atoms with Gasteiger partial charge in [0.1, 0.15) is 5.75 Å². The summed E-state index contributed by atoms with van der Waals surface area (Å²) in [6, 6.07) is 3.94. The summed E-state index contributed by atoms with van der Waals surface area (Å²) in [6.45, 7) is 8.84. The third-order valence-electron chi connectivity index (χ3n) is 2.72. The molecule has 0 unspecified atom stereocenters. The molecule has 1 rings (SSSR count). The molecule has 0 N–H and O–H groups in total. The molecular formula is C15H22O2S. The number of benzene rings is 1. The molecule has 0 fully saturated rings. The fourth-order valence-corrected chi connectivity index (χ4v) is 2.28. The number of aryl methyl sites for hydroxylation is 2. The van der Waals surface area contributed by atoms with Gasteiger partial charge in [0.2, 0.25) is 0 Å². The van der Waals surface area contributed by atoms with Gasteiger partial charge in [-0.1, -0.05) is 13.8 Å². The normalized spacial score (nSPS) is 10.4. The molecule has 0 bridgehead atoms. The number of carbonyl (C=O) groups is 1. The van der Waals surface area contributed by atoms with Gasteiger partial charge < -0.3 is 4.74 Å². The number of Topliss-reactive ketones (excluding diaryl/α,β-unsaturated/α-hetero) is 1. The van der Waals surface area contributed by atoms with Crippen LogP contribution in [0.1, 0.15) is 41.8 Å². The molecule has 0 atom stereocenters. The summed E-state index contributed by atoms with van der Waals surface area (Å²) in [7, 11) is 0. The fourth-order valence-electron chi connectivity index (χ4n) is 1.73. The van der Waals surface area contributed by atoms with Gasteiger partial charge in [0.05, 0.1) is 12.4 Å². The SMILES string of the molecule is CCCOc1cc(C)c(C(=O)CSCC)cc1C. The van der Waals surface area contributed by atoms with Crippen LogP contribution in [0.5, 0.6) is 5.75 Å². The number of hydrogen-bond acceptors (Lipinski definition) is 3. The highest BCUT2D eigenvalue weighted by molar-refractivity contribution is 7.99. The van der Waals surface area contributed by atoms with Gasteiger partial charge in [0.25, 0.3) is 0 Å². The predicted molar refractivity (Wildman–Crippen MR) is 79.0 cm³/mol. The van der Waals surface area contributed by atoms with Gasteiger partial charge in [-0.15, -0.1) is 0 Å². The number of ether oxygens (including phenoxy) is 1. The van der Waals surface area contributed by atoms with Crippen LogP contribution in [0.25, 0.3) is 0 Å². The van der Waals surface area contributed by atoms with Crippen molar-refractivity contribution in [3.05, 3.63) is 28.8 Å². The molecule has 0 amide bonds. The van der Waals surface area contributed by atoms with Crippen LogP contribution in [-0.2, 0) is 0 Å². The molecule has 2 nitrogen and oxygen atoms in total. The molecule has 100 valence electrons. The summed E-state index contributed by atoms with van der Waals surface area (Å²) in [5.41, 5.74) is 2.88. The Balaban J connectivity index is 2.88. The molecule has 1 aromatic carbocycles. The maximum Gasteiger partial charge on any atom is 0.172 e. The first-order chi connectivity index (χ1) is 8.60. The van der Waals surface area contributed by atoms with Crippen molar-refractivity contribution in [1.29, 1.82) is 0 Å². The minimum absolute atomic E-state index is 0.212. The summed E-state index contributed by atoms with van der Waals surface area (Å²) in [4.78, 5) is 12.0. The monoisotopic (exact) mass is 266 g/mol. The fraction of sp³-hybridized carbons (Fsp3) is 0.533. The van der Waals surface area contributed by atoms with Crippen LogP contribution in [0.2, 0.25) is 0 Å². The Morgan fingerprint density at radius 1 is 1.22 bits per heavy atom. The Hall–Kier alpha value is -0.960. The van der Waals surface area contributed by atoms with E-state index in [1.54, 1.807) is 11.8 Å². The smallest absolute Gasteiger partial charge is 0.172 e. The van der Waals surface area contributed by atoms with Gasteiger partial charge in [-0.25, -0.2) is 0 Å². The van der Waals surface area contributed by atoms with Crippen LogP contribution < -0.4 is 4.74 Å².